The van der Waals surface area contributed by atoms with Gasteiger partial charge in [-0.2, -0.15) is 0 Å². The highest BCUT2D eigenvalue weighted by atomic mass is 16.5. The van der Waals surface area contributed by atoms with Gasteiger partial charge in [0.05, 0.1) is 29.3 Å². The molecular formula is C36H30N4O5. The number of nitrogens with one attached hydrogen (secondary N) is 1. The Balaban J connectivity index is 1.36. The summed E-state index contributed by atoms with van der Waals surface area (Å²) in [5, 5.41) is 6.52. The lowest BCUT2D eigenvalue weighted by Crippen LogP contribution is -2.37. The van der Waals surface area contributed by atoms with Crippen LogP contribution in [0.4, 0.5) is 0 Å². The maximum atomic E-state index is 13.7. The number of carbonyl (C=O) groups is 4. The SMILES string of the molecule is CCCCc1cccc(CCNC(=O)c2ccc3c4ncc5c6c(ccc(c7ncc(C(=O)OC)c2c37)c64)C(=O)N(C)C5=O)c1. The molecule has 0 bridgehead atoms. The summed E-state index contributed by atoms with van der Waals surface area (Å²) in [6.45, 7) is 2.59. The average molecular weight is 599 g/mol. The van der Waals surface area contributed by atoms with Crippen molar-refractivity contribution in [3.8, 4) is 0 Å². The number of aryl methyl sites for hydroxylation is 1. The van der Waals surface area contributed by atoms with Crippen molar-refractivity contribution in [3.05, 3.63) is 94.3 Å². The van der Waals surface area contributed by atoms with Crippen molar-refractivity contribution in [2.45, 2.75) is 32.6 Å². The van der Waals surface area contributed by atoms with Gasteiger partial charge in [-0.1, -0.05) is 49.7 Å². The third kappa shape index (κ3) is 4.37. The van der Waals surface area contributed by atoms with Crippen LogP contribution in [-0.2, 0) is 17.6 Å². The van der Waals surface area contributed by atoms with Gasteiger partial charge in [-0.15, -0.1) is 0 Å². The number of hydrogen-bond donors (Lipinski definition) is 1. The first-order chi connectivity index (χ1) is 21.8. The molecule has 1 aliphatic heterocycles. The molecule has 0 saturated carbocycles. The van der Waals surface area contributed by atoms with Gasteiger partial charge in [-0.05, 0) is 42.5 Å². The van der Waals surface area contributed by atoms with Gasteiger partial charge in [0.2, 0.25) is 0 Å². The molecule has 0 aliphatic carbocycles. The molecule has 0 fully saturated rings. The van der Waals surface area contributed by atoms with E-state index in [4.69, 9.17) is 9.72 Å². The van der Waals surface area contributed by atoms with Crippen LogP contribution in [0.2, 0.25) is 0 Å². The van der Waals surface area contributed by atoms with Crippen molar-refractivity contribution in [1.82, 2.24) is 20.2 Å². The van der Waals surface area contributed by atoms with Gasteiger partial charge in [-0.25, -0.2) is 4.79 Å². The zero-order valence-electron chi connectivity index (χ0n) is 25.2. The highest BCUT2D eigenvalue weighted by molar-refractivity contribution is 6.38. The van der Waals surface area contributed by atoms with Crippen LogP contribution in [0.15, 0.2) is 60.9 Å². The first-order valence-corrected chi connectivity index (χ1v) is 15.0. The summed E-state index contributed by atoms with van der Waals surface area (Å²) >= 11 is 0. The zero-order valence-corrected chi connectivity index (χ0v) is 25.2. The van der Waals surface area contributed by atoms with Crippen LogP contribution >= 0.6 is 0 Å². The number of esters is 1. The molecule has 9 heteroatoms. The molecule has 7 rings (SSSR count). The smallest absolute Gasteiger partial charge is 0.340 e. The summed E-state index contributed by atoms with van der Waals surface area (Å²) in [7, 11) is 2.74. The number of rotatable bonds is 8. The third-order valence-electron chi connectivity index (χ3n) is 8.81. The van der Waals surface area contributed by atoms with Gasteiger partial charge in [-0.3, -0.25) is 29.3 Å². The summed E-state index contributed by atoms with van der Waals surface area (Å²) in [6.07, 6.45) is 6.86. The van der Waals surface area contributed by atoms with Crippen LogP contribution in [0.1, 0.15) is 72.3 Å². The molecular weight excluding hydrogens is 568 g/mol. The molecule has 3 amide bonds. The Bertz CT molecular complexity index is 2150. The third-order valence-corrected chi connectivity index (χ3v) is 8.81. The van der Waals surface area contributed by atoms with Crippen molar-refractivity contribution < 1.29 is 23.9 Å². The Morgan fingerprint density at radius 3 is 2.20 bits per heavy atom. The lowest BCUT2D eigenvalue weighted by molar-refractivity contribution is 0.0600. The van der Waals surface area contributed by atoms with E-state index in [1.807, 2.05) is 0 Å². The predicted octanol–water partition coefficient (Wildman–Crippen LogP) is 5.85. The van der Waals surface area contributed by atoms with Crippen molar-refractivity contribution in [1.29, 1.82) is 0 Å². The summed E-state index contributed by atoms with van der Waals surface area (Å²) < 4.78 is 5.10. The fourth-order valence-electron chi connectivity index (χ4n) is 6.56. The Labute approximate surface area is 258 Å². The number of aromatic nitrogens is 2. The molecule has 0 unspecified atom stereocenters. The molecule has 0 saturated heterocycles. The second-order valence-corrected chi connectivity index (χ2v) is 11.5. The minimum absolute atomic E-state index is 0.160. The molecule has 3 heterocycles. The first-order valence-electron chi connectivity index (χ1n) is 15.0. The van der Waals surface area contributed by atoms with Gasteiger partial charge in [0.25, 0.3) is 17.7 Å². The van der Waals surface area contributed by atoms with Crippen LogP contribution in [0.3, 0.4) is 0 Å². The predicted molar refractivity (Wildman–Crippen MR) is 172 cm³/mol. The minimum Gasteiger partial charge on any atom is -0.465 e. The minimum atomic E-state index is -0.618. The Morgan fingerprint density at radius 2 is 1.47 bits per heavy atom. The van der Waals surface area contributed by atoms with Crippen LogP contribution < -0.4 is 5.32 Å². The Morgan fingerprint density at radius 1 is 0.800 bits per heavy atom. The fourth-order valence-corrected chi connectivity index (χ4v) is 6.56. The average Bonchev–Trinajstić information content (AvgIpc) is 3.07. The van der Waals surface area contributed by atoms with Gasteiger partial charge in [0.15, 0.2) is 0 Å². The highest BCUT2D eigenvalue weighted by Crippen LogP contribution is 2.43. The van der Waals surface area contributed by atoms with Gasteiger partial charge in [0.1, 0.15) is 0 Å². The number of methoxy groups -OCH3 is 1. The van der Waals surface area contributed by atoms with E-state index in [1.165, 1.54) is 32.1 Å². The van der Waals surface area contributed by atoms with E-state index in [9.17, 15) is 19.2 Å². The van der Waals surface area contributed by atoms with Crippen molar-refractivity contribution in [2.24, 2.45) is 0 Å². The molecule has 1 N–H and O–H groups in total. The van der Waals surface area contributed by atoms with E-state index in [2.05, 4.69) is 41.5 Å². The normalized spacial score (nSPS) is 13.0. The number of hydrogen-bond acceptors (Lipinski definition) is 7. The number of amides is 3. The van der Waals surface area contributed by atoms with E-state index >= 15 is 0 Å². The molecule has 1 aliphatic rings. The summed E-state index contributed by atoms with van der Waals surface area (Å²) in [5.41, 5.74) is 4.73. The topological polar surface area (TPSA) is 119 Å². The largest absolute Gasteiger partial charge is 0.465 e. The van der Waals surface area contributed by atoms with E-state index in [-0.39, 0.29) is 17.4 Å². The Hall–Kier alpha value is -5.44. The van der Waals surface area contributed by atoms with Crippen LogP contribution in [-0.4, -0.2) is 59.3 Å². The van der Waals surface area contributed by atoms with E-state index in [0.29, 0.717) is 73.0 Å². The highest BCUT2D eigenvalue weighted by Gasteiger charge is 2.33. The summed E-state index contributed by atoms with van der Waals surface area (Å²) in [4.78, 5) is 63.3. The van der Waals surface area contributed by atoms with Crippen molar-refractivity contribution in [2.75, 3.05) is 20.7 Å². The van der Waals surface area contributed by atoms with Crippen LogP contribution in [0, 0.1) is 0 Å². The molecule has 224 valence electrons. The number of fused-ring (bicyclic) bond motifs is 2. The standard InChI is InChI=1S/C36H30N4O5/c1-4-5-7-19-8-6-9-20(16-19)14-15-37-33(41)23-12-10-21-29-27(23)26(36(44)45-3)18-39-31(29)22-11-13-24-28-25(17-38-32(21)30(22)28)35(43)40(2)34(24)42/h6,8-13,16-18H,4-5,7,14-15H2,1-3H3,(H,37,41). The van der Waals surface area contributed by atoms with Crippen molar-refractivity contribution in [3.63, 3.8) is 0 Å². The number of ether oxygens (including phenoxy) is 1. The second kappa shape index (κ2) is 10.9. The lowest BCUT2D eigenvalue weighted by atomic mass is 9.87. The number of carbonyl (C=O) groups excluding carboxylic acids is 4. The molecule has 9 nitrogen and oxygen atoms in total. The first kappa shape index (κ1) is 28.3. The molecule has 0 spiro atoms. The van der Waals surface area contributed by atoms with Gasteiger partial charge < -0.3 is 10.1 Å². The molecule has 0 radical (unpaired) electrons. The fraction of sp³-hybridized carbons (Fsp3) is 0.222. The van der Waals surface area contributed by atoms with Gasteiger partial charge in [0, 0.05) is 69.4 Å². The number of pyridine rings is 2. The molecule has 2 aromatic heterocycles. The molecule has 4 aromatic carbocycles. The summed E-state index contributed by atoms with van der Waals surface area (Å²) in [5.74, 6) is -1.75. The quantitative estimate of drug-likeness (QED) is 0.101. The summed E-state index contributed by atoms with van der Waals surface area (Å²) in [6, 6.07) is 15.4. The van der Waals surface area contributed by atoms with E-state index < -0.39 is 11.9 Å². The maximum Gasteiger partial charge on any atom is 0.340 e. The maximum absolute atomic E-state index is 13.7. The number of nitrogens with zero attached hydrogens (tertiary/aromatic N) is 3. The molecule has 6 aromatic rings. The molecule has 0 atom stereocenters. The zero-order chi connectivity index (χ0) is 31.4. The lowest BCUT2D eigenvalue weighted by Gasteiger charge is -2.25. The second-order valence-electron chi connectivity index (χ2n) is 11.5. The van der Waals surface area contributed by atoms with Crippen LogP contribution in [0.5, 0.6) is 0 Å². The number of benzene rings is 4. The number of unbranched alkanes of at least 4 members (excludes halogenated alkanes) is 1. The van der Waals surface area contributed by atoms with Crippen molar-refractivity contribution >= 4 is 67.0 Å². The monoisotopic (exact) mass is 598 g/mol. The Kier molecular flexibility index (Phi) is 6.88. The van der Waals surface area contributed by atoms with E-state index in [1.54, 1.807) is 24.3 Å². The van der Waals surface area contributed by atoms with E-state index in [0.717, 1.165) is 29.7 Å². The van der Waals surface area contributed by atoms with Crippen LogP contribution in [0.25, 0.3) is 43.4 Å². The van der Waals surface area contributed by atoms with Gasteiger partial charge >= 0.3 is 5.97 Å². The number of imide groups is 1. The molecule has 45 heavy (non-hydrogen) atoms.